The Morgan fingerprint density at radius 1 is 1.50 bits per heavy atom. The zero-order chi connectivity index (χ0) is 11.4. The number of nitrogen functional groups attached to an aromatic ring is 1. The first-order chi connectivity index (χ1) is 7.79. The number of H-pyrrole nitrogens is 1. The largest absolute Gasteiger partial charge is 0.481 e. The number of hydrogen-bond donors (Lipinski definition) is 3. The molecule has 84 valence electrons. The van der Waals surface area contributed by atoms with Crippen LogP contribution in [0.4, 0.5) is 11.6 Å². The molecular formula is C9H12N6O. The predicted molar refractivity (Wildman–Crippen MR) is 58.9 cm³/mol. The maximum absolute atomic E-state index is 5.65. The second kappa shape index (κ2) is 4.47. The molecule has 0 fully saturated rings. The van der Waals surface area contributed by atoms with Crippen LogP contribution < -0.4 is 15.8 Å². The van der Waals surface area contributed by atoms with Gasteiger partial charge in [0.2, 0.25) is 5.88 Å². The molecule has 0 radical (unpaired) electrons. The summed E-state index contributed by atoms with van der Waals surface area (Å²) < 4.78 is 4.98. The van der Waals surface area contributed by atoms with Crippen LogP contribution in [0.25, 0.3) is 0 Å². The van der Waals surface area contributed by atoms with Gasteiger partial charge < -0.3 is 15.8 Å². The van der Waals surface area contributed by atoms with Gasteiger partial charge in [0.05, 0.1) is 13.3 Å². The summed E-state index contributed by atoms with van der Waals surface area (Å²) in [4.78, 5) is 7.95. The fraction of sp³-hybridized carbons (Fsp3) is 0.222. The summed E-state index contributed by atoms with van der Waals surface area (Å²) in [7, 11) is 1.56. The van der Waals surface area contributed by atoms with Crippen LogP contribution >= 0.6 is 0 Å². The molecule has 0 unspecified atom stereocenters. The molecule has 16 heavy (non-hydrogen) atoms. The number of aromatic nitrogens is 4. The van der Waals surface area contributed by atoms with Crippen molar-refractivity contribution in [2.75, 3.05) is 18.2 Å². The molecule has 0 saturated heterocycles. The van der Waals surface area contributed by atoms with Gasteiger partial charge in [-0.25, -0.2) is 9.97 Å². The van der Waals surface area contributed by atoms with Crippen LogP contribution in [0.1, 0.15) is 5.56 Å². The van der Waals surface area contributed by atoms with Crippen LogP contribution in [0, 0.1) is 0 Å². The summed E-state index contributed by atoms with van der Waals surface area (Å²) in [5.41, 5.74) is 6.53. The van der Waals surface area contributed by atoms with Gasteiger partial charge >= 0.3 is 0 Å². The Hall–Kier alpha value is -2.31. The molecule has 0 aromatic carbocycles. The highest BCUT2D eigenvalue weighted by Crippen LogP contribution is 2.12. The highest BCUT2D eigenvalue weighted by Gasteiger charge is 2.02. The van der Waals surface area contributed by atoms with E-state index in [-0.39, 0.29) is 0 Å². The smallest absolute Gasteiger partial charge is 0.218 e. The summed E-state index contributed by atoms with van der Waals surface area (Å²) in [6.45, 7) is 0.544. The van der Waals surface area contributed by atoms with Crippen LogP contribution in [0.15, 0.2) is 18.6 Å². The van der Waals surface area contributed by atoms with E-state index in [1.165, 1.54) is 6.33 Å². The third-order valence-corrected chi connectivity index (χ3v) is 2.06. The summed E-state index contributed by atoms with van der Waals surface area (Å²) >= 11 is 0. The maximum Gasteiger partial charge on any atom is 0.218 e. The Kier molecular flexibility index (Phi) is 2.86. The maximum atomic E-state index is 5.65. The van der Waals surface area contributed by atoms with Crippen molar-refractivity contribution in [1.82, 2.24) is 20.2 Å². The Bertz CT molecular complexity index is 469. The van der Waals surface area contributed by atoms with E-state index in [1.54, 1.807) is 19.4 Å². The summed E-state index contributed by atoms with van der Waals surface area (Å²) in [6.07, 6.45) is 3.10. The molecule has 0 spiro atoms. The van der Waals surface area contributed by atoms with Gasteiger partial charge in [-0.2, -0.15) is 5.10 Å². The first-order valence-electron chi connectivity index (χ1n) is 4.67. The SMILES string of the molecule is COc1cc(NCc2cn[nH]c2N)ncn1. The third kappa shape index (κ3) is 2.19. The van der Waals surface area contributed by atoms with Gasteiger partial charge in [0.1, 0.15) is 18.0 Å². The van der Waals surface area contributed by atoms with E-state index in [0.717, 1.165) is 5.56 Å². The van der Waals surface area contributed by atoms with Crippen molar-refractivity contribution in [3.63, 3.8) is 0 Å². The molecule has 2 heterocycles. The topological polar surface area (TPSA) is 102 Å². The molecule has 0 saturated carbocycles. The normalized spacial score (nSPS) is 10.1. The third-order valence-electron chi connectivity index (χ3n) is 2.06. The van der Waals surface area contributed by atoms with Gasteiger partial charge in [0.25, 0.3) is 0 Å². The number of hydrogen-bond acceptors (Lipinski definition) is 6. The van der Waals surface area contributed by atoms with Gasteiger partial charge in [-0.15, -0.1) is 0 Å². The first kappa shape index (κ1) is 10.2. The first-order valence-corrected chi connectivity index (χ1v) is 4.67. The molecule has 0 atom stereocenters. The zero-order valence-corrected chi connectivity index (χ0v) is 8.77. The van der Waals surface area contributed by atoms with Crippen LogP contribution in [0.2, 0.25) is 0 Å². The van der Waals surface area contributed by atoms with E-state index in [2.05, 4.69) is 25.5 Å². The summed E-state index contributed by atoms with van der Waals surface area (Å²) in [5, 5.41) is 9.57. The van der Waals surface area contributed by atoms with Gasteiger partial charge in [0.15, 0.2) is 0 Å². The summed E-state index contributed by atoms with van der Waals surface area (Å²) in [6, 6.07) is 1.70. The average molecular weight is 220 g/mol. The average Bonchev–Trinajstić information content (AvgIpc) is 2.72. The van der Waals surface area contributed by atoms with Crippen molar-refractivity contribution < 1.29 is 4.74 Å². The highest BCUT2D eigenvalue weighted by atomic mass is 16.5. The Morgan fingerprint density at radius 2 is 2.38 bits per heavy atom. The van der Waals surface area contributed by atoms with Crippen molar-refractivity contribution >= 4 is 11.6 Å². The Labute approximate surface area is 92.1 Å². The number of ether oxygens (including phenoxy) is 1. The van der Waals surface area contributed by atoms with E-state index in [9.17, 15) is 0 Å². The molecule has 2 rings (SSSR count). The fourth-order valence-corrected chi connectivity index (χ4v) is 1.20. The molecule has 0 bridgehead atoms. The molecule has 2 aromatic heterocycles. The molecule has 2 aromatic rings. The van der Waals surface area contributed by atoms with Gasteiger partial charge in [-0.3, -0.25) is 5.10 Å². The summed E-state index contributed by atoms with van der Waals surface area (Å²) in [5.74, 6) is 1.73. The van der Waals surface area contributed by atoms with Crippen molar-refractivity contribution in [2.45, 2.75) is 6.54 Å². The lowest BCUT2D eigenvalue weighted by atomic mass is 10.3. The molecule has 0 aliphatic rings. The second-order valence-corrected chi connectivity index (χ2v) is 3.11. The van der Waals surface area contributed by atoms with E-state index in [0.29, 0.717) is 24.1 Å². The fourth-order valence-electron chi connectivity index (χ4n) is 1.20. The van der Waals surface area contributed by atoms with Crippen LogP contribution in [-0.4, -0.2) is 27.3 Å². The molecule has 4 N–H and O–H groups in total. The van der Waals surface area contributed by atoms with E-state index < -0.39 is 0 Å². The van der Waals surface area contributed by atoms with E-state index in [4.69, 9.17) is 10.5 Å². The monoisotopic (exact) mass is 220 g/mol. The molecule has 7 nitrogen and oxygen atoms in total. The lowest BCUT2D eigenvalue weighted by molar-refractivity contribution is 0.397. The zero-order valence-electron chi connectivity index (χ0n) is 8.77. The van der Waals surface area contributed by atoms with Crippen molar-refractivity contribution in [3.8, 4) is 5.88 Å². The van der Waals surface area contributed by atoms with Crippen molar-refractivity contribution in [2.24, 2.45) is 0 Å². The van der Waals surface area contributed by atoms with Gasteiger partial charge in [-0.1, -0.05) is 0 Å². The molecular weight excluding hydrogens is 208 g/mol. The van der Waals surface area contributed by atoms with E-state index in [1.807, 2.05) is 0 Å². The minimum absolute atomic E-state index is 0.512. The standard InChI is InChI=1S/C9H12N6O/c1-16-8-2-7(12-5-13-8)11-3-6-4-14-15-9(6)10/h2,4-5H,3H2,1H3,(H3,10,14,15)(H,11,12,13). The van der Waals surface area contributed by atoms with Gasteiger partial charge in [0, 0.05) is 18.2 Å². The molecule has 0 amide bonds. The number of nitrogens with one attached hydrogen (secondary N) is 2. The van der Waals surface area contributed by atoms with Gasteiger partial charge in [-0.05, 0) is 0 Å². The number of nitrogens with two attached hydrogens (primary N) is 1. The van der Waals surface area contributed by atoms with Crippen molar-refractivity contribution in [1.29, 1.82) is 0 Å². The predicted octanol–water partition coefficient (Wildman–Crippen LogP) is 0.403. The van der Waals surface area contributed by atoms with Crippen LogP contribution in [0.3, 0.4) is 0 Å². The molecule has 7 heteroatoms. The quantitative estimate of drug-likeness (QED) is 0.689. The van der Waals surface area contributed by atoms with Crippen molar-refractivity contribution in [3.05, 3.63) is 24.2 Å². The number of aromatic amines is 1. The van der Waals surface area contributed by atoms with E-state index >= 15 is 0 Å². The Balaban J connectivity index is 2.02. The van der Waals surface area contributed by atoms with Crippen LogP contribution in [0.5, 0.6) is 5.88 Å². The lowest BCUT2D eigenvalue weighted by Crippen LogP contribution is -2.03. The second-order valence-electron chi connectivity index (χ2n) is 3.11. The Morgan fingerprint density at radius 3 is 3.06 bits per heavy atom. The minimum atomic E-state index is 0.512. The number of anilines is 2. The molecule has 0 aliphatic carbocycles. The number of rotatable bonds is 4. The number of methoxy groups -OCH3 is 1. The lowest BCUT2D eigenvalue weighted by Gasteiger charge is -2.05. The molecule has 0 aliphatic heterocycles. The minimum Gasteiger partial charge on any atom is -0.481 e. The number of nitrogens with zero attached hydrogens (tertiary/aromatic N) is 3. The van der Waals surface area contributed by atoms with Crippen LogP contribution in [-0.2, 0) is 6.54 Å². The highest BCUT2D eigenvalue weighted by molar-refractivity contribution is 5.42.